The van der Waals surface area contributed by atoms with Gasteiger partial charge in [0.05, 0.1) is 18.4 Å². The highest BCUT2D eigenvalue weighted by atomic mass is 16.5. The first-order valence-corrected chi connectivity index (χ1v) is 9.61. The average molecular weight is 396 g/mol. The molecular formula is C22H24N2O5. The van der Waals surface area contributed by atoms with Crippen molar-refractivity contribution < 1.29 is 24.2 Å². The Morgan fingerprint density at radius 3 is 2.21 bits per heavy atom. The van der Waals surface area contributed by atoms with Gasteiger partial charge in [-0.3, -0.25) is 9.59 Å². The summed E-state index contributed by atoms with van der Waals surface area (Å²) in [6, 6.07) is 10.7. The summed E-state index contributed by atoms with van der Waals surface area (Å²) in [5.74, 6) is -0.949. The quantitative estimate of drug-likeness (QED) is 0.680. The van der Waals surface area contributed by atoms with E-state index in [1.807, 2.05) is 0 Å². The Hall–Kier alpha value is -3.35. The number of nitrogens with one attached hydrogen (secondary N) is 2. The van der Waals surface area contributed by atoms with Gasteiger partial charge in [0, 0.05) is 17.2 Å². The highest BCUT2D eigenvalue weighted by molar-refractivity contribution is 6.05. The van der Waals surface area contributed by atoms with E-state index in [1.165, 1.54) is 37.8 Å². The highest BCUT2D eigenvalue weighted by Crippen LogP contribution is 2.30. The predicted molar refractivity (Wildman–Crippen MR) is 110 cm³/mol. The Balaban J connectivity index is 1.72. The molecular weight excluding hydrogens is 372 g/mol. The molecule has 1 aliphatic carbocycles. The zero-order chi connectivity index (χ0) is 20.8. The summed E-state index contributed by atoms with van der Waals surface area (Å²) in [4.78, 5) is 36.0. The number of hydrogen-bond acceptors (Lipinski definition) is 4. The lowest BCUT2D eigenvalue weighted by atomic mass is 9.88. The lowest BCUT2D eigenvalue weighted by Gasteiger charge is -2.21. The molecule has 0 saturated heterocycles. The van der Waals surface area contributed by atoms with Gasteiger partial charge in [0.2, 0.25) is 5.91 Å². The molecule has 29 heavy (non-hydrogen) atoms. The van der Waals surface area contributed by atoms with Crippen LogP contribution in [0, 0.1) is 5.92 Å². The van der Waals surface area contributed by atoms with Crippen LogP contribution in [0.5, 0.6) is 5.75 Å². The van der Waals surface area contributed by atoms with Crippen molar-refractivity contribution in [2.24, 2.45) is 5.92 Å². The van der Waals surface area contributed by atoms with Crippen LogP contribution in [0.1, 0.15) is 52.8 Å². The number of carbonyl (C=O) groups excluding carboxylic acids is 2. The Bertz CT molecular complexity index is 902. The SMILES string of the molecule is COc1ccc(NC(=O)c2ccc(C(=O)O)cc2)cc1NC(=O)C1CCCCC1. The molecule has 1 aliphatic rings. The second-order valence-corrected chi connectivity index (χ2v) is 7.08. The molecule has 0 unspecified atom stereocenters. The van der Waals surface area contributed by atoms with Crippen molar-refractivity contribution in [3.05, 3.63) is 53.6 Å². The van der Waals surface area contributed by atoms with Crippen LogP contribution in [0.2, 0.25) is 0 Å². The fourth-order valence-corrected chi connectivity index (χ4v) is 3.45. The smallest absolute Gasteiger partial charge is 0.335 e. The average Bonchev–Trinajstić information content (AvgIpc) is 2.74. The Morgan fingerprint density at radius 1 is 0.931 bits per heavy atom. The molecule has 152 valence electrons. The van der Waals surface area contributed by atoms with Crippen LogP contribution >= 0.6 is 0 Å². The highest BCUT2D eigenvalue weighted by Gasteiger charge is 2.22. The zero-order valence-corrected chi connectivity index (χ0v) is 16.2. The second-order valence-electron chi connectivity index (χ2n) is 7.08. The van der Waals surface area contributed by atoms with Crippen molar-refractivity contribution in [2.75, 3.05) is 17.7 Å². The molecule has 3 N–H and O–H groups in total. The van der Waals surface area contributed by atoms with E-state index in [2.05, 4.69) is 10.6 Å². The zero-order valence-electron chi connectivity index (χ0n) is 16.2. The third-order valence-corrected chi connectivity index (χ3v) is 5.09. The van der Waals surface area contributed by atoms with E-state index in [0.29, 0.717) is 22.7 Å². The maximum atomic E-state index is 12.6. The second kappa shape index (κ2) is 9.23. The van der Waals surface area contributed by atoms with Crippen molar-refractivity contribution in [1.29, 1.82) is 0 Å². The van der Waals surface area contributed by atoms with E-state index in [1.54, 1.807) is 18.2 Å². The Morgan fingerprint density at radius 2 is 1.59 bits per heavy atom. The number of amides is 2. The lowest BCUT2D eigenvalue weighted by Crippen LogP contribution is -2.25. The summed E-state index contributed by atoms with van der Waals surface area (Å²) >= 11 is 0. The molecule has 0 heterocycles. The molecule has 3 rings (SSSR count). The molecule has 0 atom stereocenters. The van der Waals surface area contributed by atoms with Crippen molar-refractivity contribution in [3.8, 4) is 5.75 Å². The number of hydrogen-bond donors (Lipinski definition) is 3. The summed E-state index contributed by atoms with van der Waals surface area (Å²) in [5.41, 5.74) is 1.44. The summed E-state index contributed by atoms with van der Waals surface area (Å²) in [7, 11) is 1.52. The van der Waals surface area contributed by atoms with E-state index in [0.717, 1.165) is 25.7 Å². The first-order valence-electron chi connectivity index (χ1n) is 9.61. The number of anilines is 2. The van der Waals surface area contributed by atoms with E-state index >= 15 is 0 Å². The molecule has 0 aliphatic heterocycles. The van der Waals surface area contributed by atoms with Crippen molar-refractivity contribution >= 4 is 29.2 Å². The standard InChI is InChI=1S/C22H24N2O5/c1-29-19-12-11-17(13-18(19)24-21(26)14-5-3-2-4-6-14)23-20(25)15-7-9-16(10-8-15)22(27)28/h7-14H,2-6H2,1H3,(H,23,25)(H,24,26)(H,27,28). The number of ether oxygens (including phenoxy) is 1. The summed E-state index contributed by atoms with van der Waals surface area (Å²) < 4.78 is 5.33. The van der Waals surface area contributed by atoms with E-state index in [-0.39, 0.29) is 23.3 Å². The lowest BCUT2D eigenvalue weighted by molar-refractivity contribution is -0.120. The van der Waals surface area contributed by atoms with Gasteiger partial charge in [0.1, 0.15) is 5.75 Å². The van der Waals surface area contributed by atoms with Crippen LogP contribution < -0.4 is 15.4 Å². The predicted octanol–water partition coefficient (Wildman–Crippen LogP) is 4.16. The first kappa shape index (κ1) is 20.4. The van der Waals surface area contributed by atoms with Gasteiger partial charge >= 0.3 is 5.97 Å². The molecule has 0 aromatic heterocycles. The fourth-order valence-electron chi connectivity index (χ4n) is 3.45. The number of carbonyl (C=O) groups is 3. The normalized spacial score (nSPS) is 14.1. The third kappa shape index (κ3) is 5.13. The van der Waals surface area contributed by atoms with Gasteiger partial charge in [-0.1, -0.05) is 19.3 Å². The van der Waals surface area contributed by atoms with Gasteiger partial charge in [-0.2, -0.15) is 0 Å². The van der Waals surface area contributed by atoms with E-state index < -0.39 is 5.97 Å². The van der Waals surface area contributed by atoms with Crippen LogP contribution in [0.25, 0.3) is 0 Å². The maximum Gasteiger partial charge on any atom is 0.335 e. The molecule has 0 radical (unpaired) electrons. The van der Waals surface area contributed by atoms with Gasteiger partial charge < -0.3 is 20.5 Å². The molecule has 1 fully saturated rings. The number of aromatic carboxylic acids is 1. The van der Waals surface area contributed by atoms with Crippen molar-refractivity contribution in [2.45, 2.75) is 32.1 Å². The number of benzene rings is 2. The van der Waals surface area contributed by atoms with E-state index in [9.17, 15) is 14.4 Å². The van der Waals surface area contributed by atoms with Gasteiger partial charge in [0.25, 0.3) is 5.91 Å². The van der Waals surface area contributed by atoms with Gasteiger partial charge in [-0.25, -0.2) is 4.79 Å². The number of carboxylic acid groups (broad SMARTS) is 1. The van der Waals surface area contributed by atoms with Crippen molar-refractivity contribution in [1.82, 2.24) is 0 Å². The third-order valence-electron chi connectivity index (χ3n) is 5.09. The van der Waals surface area contributed by atoms with Crippen LogP contribution in [-0.4, -0.2) is 30.0 Å². The number of methoxy groups -OCH3 is 1. The van der Waals surface area contributed by atoms with Crippen LogP contribution in [0.15, 0.2) is 42.5 Å². The summed E-state index contributed by atoms with van der Waals surface area (Å²) in [6.07, 6.45) is 5.06. The minimum atomic E-state index is -1.05. The monoisotopic (exact) mass is 396 g/mol. The minimum absolute atomic E-state index is 0.000506. The molecule has 2 aromatic rings. The van der Waals surface area contributed by atoms with Crippen LogP contribution in [0.3, 0.4) is 0 Å². The first-order chi connectivity index (χ1) is 14.0. The van der Waals surface area contributed by atoms with Gasteiger partial charge in [-0.05, 0) is 55.3 Å². The molecule has 0 bridgehead atoms. The summed E-state index contributed by atoms with van der Waals surface area (Å²) in [5, 5.41) is 14.6. The van der Waals surface area contributed by atoms with Gasteiger partial charge in [-0.15, -0.1) is 0 Å². The molecule has 7 heteroatoms. The summed E-state index contributed by atoms with van der Waals surface area (Å²) in [6.45, 7) is 0. The molecule has 1 saturated carbocycles. The van der Waals surface area contributed by atoms with Gasteiger partial charge in [0.15, 0.2) is 0 Å². The minimum Gasteiger partial charge on any atom is -0.495 e. The molecule has 7 nitrogen and oxygen atoms in total. The largest absolute Gasteiger partial charge is 0.495 e. The molecule has 0 spiro atoms. The Labute approximate surface area is 169 Å². The molecule has 2 aromatic carbocycles. The fraction of sp³-hybridized carbons (Fsp3) is 0.318. The topological polar surface area (TPSA) is 105 Å². The van der Waals surface area contributed by atoms with Crippen LogP contribution in [0.4, 0.5) is 11.4 Å². The number of carboxylic acids is 1. The maximum absolute atomic E-state index is 12.6. The van der Waals surface area contributed by atoms with E-state index in [4.69, 9.17) is 9.84 Å². The number of rotatable bonds is 6. The van der Waals surface area contributed by atoms with Crippen LogP contribution in [-0.2, 0) is 4.79 Å². The van der Waals surface area contributed by atoms with Crippen molar-refractivity contribution in [3.63, 3.8) is 0 Å². The Kier molecular flexibility index (Phi) is 6.49. The molecule has 2 amide bonds.